The molecule has 21 heavy (non-hydrogen) atoms. The molecule has 0 saturated carbocycles. The number of rotatable bonds is 5. The van der Waals surface area contributed by atoms with Crippen molar-refractivity contribution in [3.05, 3.63) is 35.6 Å². The van der Waals surface area contributed by atoms with Crippen molar-refractivity contribution in [1.82, 2.24) is 0 Å². The zero-order valence-corrected chi connectivity index (χ0v) is 13.0. The van der Waals surface area contributed by atoms with E-state index in [4.69, 9.17) is 4.42 Å². The lowest BCUT2D eigenvalue weighted by Crippen LogP contribution is -2.25. The number of para-hydroxylation sites is 1. The summed E-state index contributed by atoms with van der Waals surface area (Å²) in [6.45, 7) is 5.30. The molecule has 0 spiro atoms. The minimum absolute atomic E-state index is 0.0403. The molecule has 0 aliphatic heterocycles. The maximum atomic E-state index is 12.4. The maximum absolute atomic E-state index is 12.4. The summed E-state index contributed by atoms with van der Waals surface area (Å²) >= 11 is 0. The Hall–Kier alpha value is -1.82. The van der Waals surface area contributed by atoms with E-state index in [2.05, 4.69) is 0 Å². The van der Waals surface area contributed by atoms with Crippen molar-refractivity contribution in [3.8, 4) is 0 Å². The van der Waals surface area contributed by atoms with E-state index in [1.807, 2.05) is 13.8 Å². The summed E-state index contributed by atoms with van der Waals surface area (Å²) in [6.07, 6.45) is 0. The first kappa shape index (κ1) is 15.6. The number of benzene rings is 1. The summed E-state index contributed by atoms with van der Waals surface area (Å²) in [5.41, 5.74) is 0.614. The summed E-state index contributed by atoms with van der Waals surface area (Å²) in [4.78, 5) is 11.3. The van der Waals surface area contributed by atoms with Gasteiger partial charge in [0.2, 0.25) is 5.76 Å². The third-order valence-corrected chi connectivity index (χ3v) is 6.11. The number of carbonyl (C=O) groups is 1. The Morgan fingerprint density at radius 1 is 1.24 bits per heavy atom. The Labute approximate surface area is 123 Å². The van der Waals surface area contributed by atoms with E-state index in [9.17, 15) is 18.3 Å². The van der Waals surface area contributed by atoms with Crippen LogP contribution in [0.1, 0.15) is 36.9 Å². The van der Waals surface area contributed by atoms with Crippen molar-refractivity contribution in [1.29, 1.82) is 0 Å². The van der Waals surface area contributed by atoms with Crippen LogP contribution in [0.4, 0.5) is 0 Å². The number of sulfone groups is 1. The van der Waals surface area contributed by atoms with Crippen molar-refractivity contribution in [2.75, 3.05) is 0 Å². The van der Waals surface area contributed by atoms with Gasteiger partial charge >= 0.3 is 5.97 Å². The average molecular weight is 310 g/mol. The van der Waals surface area contributed by atoms with E-state index in [0.717, 1.165) is 0 Å². The van der Waals surface area contributed by atoms with Crippen LogP contribution in [0.3, 0.4) is 0 Å². The van der Waals surface area contributed by atoms with Crippen LogP contribution >= 0.6 is 0 Å². The van der Waals surface area contributed by atoms with Gasteiger partial charge in [0.25, 0.3) is 0 Å². The van der Waals surface area contributed by atoms with Crippen LogP contribution in [-0.2, 0) is 15.6 Å². The molecule has 2 rings (SSSR count). The third kappa shape index (κ3) is 2.95. The molecule has 1 unspecified atom stereocenters. The van der Waals surface area contributed by atoms with Crippen molar-refractivity contribution in [2.24, 2.45) is 5.92 Å². The fraction of sp³-hybridized carbons (Fsp3) is 0.400. The molecule has 1 N–H and O–H groups in total. The van der Waals surface area contributed by atoms with E-state index < -0.39 is 21.1 Å². The number of hydrogen-bond acceptors (Lipinski definition) is 4. The standard InChI is InChI=1S/C15H18O5S/c1-9(2)10(3)21(18,19)8-12-11-6-4-5-7-13(11)20-14(12)15(16)17/h4-7,9-10H,8H2,1-3H3,(H,16,17). The van der Waals surface area contributed by atoms with Gasteiger partial charge in [-0.15, -0.1) is 0 Å². The Morgan fingerprint density at radius 2 is 1.86 bits per heavy atom. The predicted octanol–water partition coefficient (Wildman–Crippen LogP) is 3.09. The van der Waals surface area contributed by atoms with Gasteiger partial charge in [0.05, 0.1) is 11.0 Å². The lowest BCUT2D eigenvalue weighted by atomic mass is 10.1. The van der Waals surface area contributed by atoms with Gasteiger partial charge in [-0.1, -0.05) is 32.0 Å². The Kier molecular flexibility index (Phi) is 4.09. The zero-order chi connectivity index (χ0) is 15.8. The number of hydrogen-bond donors (Lipinski definition) is 1. The molecule has 1 atom stereocenters. The largest absolute Gasteiger partial charge is 0.475 e. The van der Waals surface area contributed by atoms with Gasteiger partial charge < -0.3 is 9.52 Å². The van der Waals surface area contributed by atoms with Gasteiger partial charge in [0, 0.05) is 10.9 Å². The van der Waals surface area contributed by atoms with Gasteiger partial charge in [-0.25, -0.2) is 13.2 Å². The zero-order valence-electron chi connectivity index (χ0n) is 12.2. The van der Waals surface area contributed by atoms with Crippen LogP contribution in [0.25, 0.3) is 11.0 Å². The van der Waals surface area contributed by atoms with Gasteiger partial charge in [-0.05, 0) is 18.9 Å². The van der Waals surface area contributed by atoms with Crippen molar-refractivity contribution in [3.63, 3.8) is 0 Å². The van der Waals surface area contributed by atoms with Crippen LogP contribution in [0.5, 0.6) is 0 Å². The topological polar surface area (TPSA) is 84.6 Å². The minimum Gasteiger partial charge on any atom is -0.475 e. The summed E-state index contributed by atoms with van der Waals surface area (Å²) in [5.74, 6) is -1.92. The molecule has 1 aromatic carbocycles. The highest BCUT2D eigenvalue weighted by molar-refractivity contribution is 7.91. The summed E-state index contributed by atoms with van der Waals surface area (Å²) in [7, 11) is -3.45. The van der Waals surface area contributed by atoms with Crippen molar-refractivity contribution >= 4 is 26.8 Å². The van der Waals surface area contributed by atoms with Gasteiger partial charge in [0.15, 0.2) is 9.84 Å². The van der Waals surface area contributed by atoms with Crippen molar-refractivity contribution in [2.45, 2.75) is 31.8 Å². The number of furan rings is 1. The number of fused-ring (bicyclic) bond motifs is 1. The lowest BCUT2D eigenvalue weighted by molar-refractivity contribution is 0.0664. The number of aromatic carboxylic acids is 1. The van der Waals surface area contributed by atoms with Crippen molar-refractivity contribution < 1.29 is 22.7 Å². The SMILES string of the molecule is CC(C)C(C)S(=O)(=O)Cc1c(C(=O)O)oc2ccccc12. The second-order valence-electron chi connectivity index (χ2n) is 5.47. The summed E-state index contributed by atoms with van der Waals surface area (Å²) in [5, 5.41) is 9.21. The molecule has 0 aliphatic carbocycles. The lowest BCUT2D eigenvalue weighted by Gasteiger charge is -2.16. The van der Waals surface area contributed by atoms with E-state index in [-0.39, 0.29) is 23.0 Å². The quantitative estimate of drug-likeness (QED) is 0.917. The molecule has 0 bridgehead atoms. The Bertz CT molecular complexity index is 770. The van der Waals surface area contributed by atoms with E-state index >= 15 is 0 Å². The first-order valence-electron chi connectivity index (χ1n) is 6.69. The Balaban J connectivity index is 2.56. The average Bonchev–Trinajstić information content (AvgIpc) is 2.76. The van der Waals surface area contributed by atoms with Gasteiger partial charge in [0.1, 0.15) is 5.58 Å². The first-order valence-corrected chi connectivity index (χ1v) is 8.41. The second kappa shape index (κ2) is 5.52. The summed E-state index contributed by atoms with van der Waals surface area (Å²) in [6, 6.07) is 6.75. The molecule has 2 aromatic rings. The van der Waals surface area contributed by atoms with Crippen LogP contribution in [-0.4, -0.2) is 24.7 Å². The molecule has 114 valence electrons. The third-order valence-electron chi connectivity index (χ3n) is 3.74. The maximum Gasteiger partial charge on any atom is 0.372 e. The molecule has 5 nitrogen and oxygen atoms in total. The molecular weight excluding hydrogens is 292 g/mol. The highest BCUT2D eigenvalue weighted by Gasteiger charge is 2.29. The molecule has 0 saturated heterocycles. The first-order chi connectivity index (χ1) is 9.74. The normalized spacial score (nSPS) is 13.7. The van der Waals surface area contributed by atoms with Crippen LogP contribution < -0.4 is 0 Å². The van der Waals surface area contributed by atoms with E-state index in [0.29, 0.717) is 11.0 Å². The van der Waals surface area contributed by atoms with Crippen LogP contribution in [0.15, 0.2) is 28.7 Å². The highest BCUT2D eigenvalue weighted by Crippen LogP contribution is 2.29. The van der Waals surface area contributed by atoms with E-state index in [1.54, 1.807) is 31.2 Å². The smallest absolute Gasteiger partial charge is 0.372 e. The molecular formula is C15H18O5S. The second-order valence-corrected chi connectivity index (χ2v) is 7.83. The monoisotopic (exact) mass is 310 g/mol. The number of carboxylic acids is 1. The fourth-order valence-corrected chi connectivity index (χ4v) is 3.94. The molecule has 0 amide bonds. The van der Waals surface area contributed by atoms with Crippen LogP contribution in [0, 0.1) is 5.92 Å². The molecule has 0 radical (unpaired) electrons. The predicted molar refractivity (Wildman–Crippen MR) is 80.1 cm³/mol. The number of carboxylic acid groups (broad SMARTS) is 1. The molecule has 1 heterocycles. The fourth-order valence-electron chi connectivity index (χ4n) is 2.16. The molecule has 0 aliphatic rings. The Morgan fingerprint density at radius 3 is 2.43 bits per heavy atom. The van der Waals surface area contributed by atoms with Gasteiger partial charge in [-0.3, -0.25) is 0 Å². The summed E-state index contributed by atoms with van der Waals surface area (Å²) < 4.78 is 30.1. The molecule has 0 fully saturated rings. The van der Waals surface area contributed by atoms with Gasteiger partial charge in [-0.2, -0.15) is 0 Å². The minimum atomic E-state index is -3.45. The highest BCUT2D eigenvalue weighted by atomic mass is 32.2. The molecule has 1 aromatic heterocycles. The van der Waals surface area contributed by atoms with E-state index in [1.165, 1.54) is 0 Å². The molecule has 6 heteroatoms. The van der Waals surface area contributed by atoms with Crippen LogP contribution in [0.2, 0.25) is 0 Å².